The van der Waals surface area contributed by atoms with Crippen LogP contribution in [0.4, 0.5) is 4.79 Å². The Hall–Kier alpha value is -1.74. The zero-order chi connectivity index (χ0) is 21.5. The molecule has 1 atom stereocenters. The lowest BCUT2D eigenvalue weighted by Gasteiger charge is -2.28. The van der Waals surface area contributed by atoms with Crippen molar-refractivity contribution < 1.29 is 28.9 Å². The summed E-state index contributed by atoms with van der Waals surface area (Å²) >= 11 is 0. The first-order chi connectivity index (χ1) is 12.9. The first-order valence-corrected chi connectivity index (χ1v) is 10.9. The second-order valence-electron chi connectivity index (χ2n) is 7.50. The van der Waals surface area contributed by atoms with E-state index in [4.69, 9.17) is 14.2 Å². The number of carbonyl (C=O) groups is 2. The predicted molar refractivity (Wildman–Crippen MR) is 111 cm³/mol. The highest BCUT2D eigenvalue weighted by atomic mass is 33.1. The lowest BCUT2D eigenvalue weighted by atomic mass is 9.97. The number of carboxylic acids is 1. The van der Waals surface area contributed by atoms with Crippen molar-refractivity contribution in [2.45, 2.75) is 51.0 Å². The average molecular weight is 431 g/mol. The minimum atomic E-state index is -1.36. The van der Waals surface area contributed by atoms with Gasteiger partial charge in [0.15, 0.2) is 0 Å². The van der Waals surface area contributed by atoms with Gasteiger partial charge in [-0.3, -0.25) is 0 Å². The van der Waals surface area contributed by atoms with Crippen molar-refractivity contribution in [1.82, 2.24) is 5.32 Å². The molecule has 1 N–H and O–H groups in total. The molecule has 0 fully saturated rings. The standard InChI is InChI=1S/C19H29NO6S2/c1-18(2,3)28-27-11-15(16(21)22)20-17(23)26-19(4,5)12-8-13(24-6)10-14(9-12)25-7/h8-10,15H,11H2,1-7H3,(H,20,23)(H,21,22)/p-1/t15-/m0/s1. The topological polar surface area (TPSA) is 96.9 Å². The molecule has 0 radical (unpaired) electrons. The van der Waals surface area contributed by atoms with Crippen molar-refractivity contribution in [3.8, 4) is 11.5 Å². The molecule has 0 aliphatic carbocycles. The molecule has 0 aliphatic rings. The number of hydrogen-bond acceptors (Lipinski definition) is 8. The van der Waals surface area contributed by atoms with Crippen molar-refractivity contribution in [3.05, 3.63) is 23.8 Å². The third-order valence-corrected chi connectivity index (χ3v) is 6.86. The number of amides is 1. The zero-order valence-electron chi connectivity index (χ0n) is 17.3. The Labute approximate surface area is 174 Å². The van der Waals surface area contributed by atoms with Crippen LogP contribution in [-0.4, -0.2) is 42.8 Å². The van der Waals surface area contributed by atoms with Crippen LogP contribution in [0.5, 0.6) is 11.5 Å². The summed E-state index contributed by atoms with van der Waals surface area (Å²) in [6.45, 7) is 9.44. The number of carboxylic acid groups (broad SMARTS) is 1. The Balaban J connectivity index is 2.81. The Morgan fingerprint density at radius 1 is 1.07 bits per heavy atom. The number of carbonyl (C=O) groups excluding carboxylic acids is 2. The second kappa shape index (κ2) is 10.2. The molecule has 9 heteroatoms. The lowest BCUT2D eigenvalue weighted by molar-refractivity contribution is -0.307. The van der Waals surface area contributed by atoms with Crippen LogP contribution in [0.1, 0.15) is 40.2 Å². The molecule has 0 saturated carbocycles. The summed E-state index contributed by atoms with van der Waals surface area (Å²) < 4.78 is 15.9. The van der Waals surface area contributed by atoms with E-state index in [-0.39, 0.29) is 10.5 Å². The largest absolute Gasteiger partial charge is 0.548 e. The van der Waals surface area contributed by atoms with Gasteiger partial charge in [0.05, 0.1) is 26.2 Å². The molecule has 1 rings (SSSR count). The maximum atomic E-state index is 12.3. The van der Waals surface area contributed by atoms with E-state index in [0.717, 1.165) is 0 Å². The van der Waals surface area contributed by atoms with Gasteiger partial charge >= 0.3 is 6.09 Å². The normalized spacial score (nSPS) is 12.8. The molecule has 1 aromatic carbocycles. The molecule has 0 unspecified atom stereocenters. The molecular formula is C19H28NO6S2-. The van der Waals surface area contributed by atoms with E-state index in [1.165, 1.54) is 35.8 Å². The third-order valence-electron chi connectivity index (χ3n) is 3.51. The quantitative estimate of drug-likeness (QED) is 0.597. The number of rotatable bonds is 9. The van der Waals surface area contributed by atoms with Gasteiger partial charge in [-0.25, -0.2) is 4.79 Å². The van der Waals surface area contributed by atoms with Crippen LogP contribution in [0, 0.1) is 0 Å². The fourth-order valence-corrected chi connectivity index (χ4v) is 4.52. The fraction of sp³-hybridized carbons (Fsp3) is 0.579. The molecule has 0 aromatic heterocycles. The van der Waals surface area contributed by atoms with Crippen LogP contribution < -0.4 is 19.9 Å². The highest BCUT2D eigenvalue weighted by Gasteiger charge is 2.28. The van der Waals surface area contributed by atoms with Crippen molar-refractivity contribution in [2.75, 3.05) is 20.0 Å². The molecule has 7 nitrogen and oxygen atoms in total. The summed E-state index contributed by atoms with van der Waals surface area (Å²) in [5.74, 6) is -0.101. The molecule has 158 valence electrons. The molecule has 28 heavy (non-hydrogen) atoms. The van der Waals surface area contributed by atoms with Crippen molar-refractivity contribution in [1.29, 1.82) is 0 Å². The zero-order valence-corrected chi connectivity index (χ0v) is 18.9. The fourth-order valence-electron chi connectivity index (χ4n) is 2.06. The van der Waals surface area contributed by atoms with Gasteiger partial charge in [-0.15, -0.1) is 0 Å². The van der Waals surface area contributed by atoms with Gasteiger partial charge < -0.3 is 29.4 Å². The molecule has 0 heterocycles. The van der Waals surface area contributed by atoms with Crippen molar-refractivity contribution >= 4 is 33.7 Å². The average Bonchev–Trinajstić information content (AvgIpc) is 2.58. The molecule has 1 aromatic rings. The van der Waals surface area contributed by atoms with Crippen LogP contribution in [-0.2, 0) is 15.1 Å². The molecule has 0 aliphatic heterocycles. The first-order valence-electron chi connectivity index (χ1n) is 8.62. The van der Waals surface area contributed by atoms with Gasteiger partial charge in [0.25, 0.3) is 0 Å². The maximum Gasteiger partial charge on any atom is 0.408 e. The second-order valence-corrected chi connectivity index (χ2v) is 10.7. The Morgan fingerprint density at radius 3 is 2.04 bits per heavy atom. The number of ether oxygens (including phenoxy) is 3. The number of methoxy groups -OCH3 is 2. The summed E-state index contributed by atoms with van der Waals surface area (Å²) in [4.78, 5) is 23.7. The first kappa shape index (κ1) is 24.3. The van der Waals surface area contributed by atoms with Crippen LogP contribution >= 0.6 is 21.6 Å². The van der Waals surface area contributed by atoms with Crippen LogP contribution in [0.3, 0.4) is 0 Å². The van der Waals surface area contributed by atoms with Gasteiger partial charge in [0.2, 0.25) is 0 Å². The number of alkyl carbamates (subject to hydrolysis) is 1. The van der Waals surface area contributed by atoms with E-state index in [1.54, 1.807) is 32.0 Å². The summed E-state index contributed by atoms with van der Waals surface area (Å²) in [5, 5.41) is 13.7. The summed E-state index contributed by atoms with van der Waals surface area (Å²) in [6.07, 6.45) is -0.845. The number of aliphatic carboxylic acids is 1. The smallest absolute Gasteiger partial charge is 0.408 e. The molecule has 0 saturated heterocycles. The van der Waals surface area contributed by atoms with Crippen LogP contribution in [0.2, 0.25) is 0 Å². The van der Waals surface area contributed by atoms with E-state index < -0.39 is 23.7 Å². The van der Waals surface area contributed by atoms with E-state index in [0.29, 0.717) is 17.1 Å². The minimum absolute atomic E-state index is 0.0327. The minimum Gasteiger partial charge on any atom is -0.548 e. The van der Waals surface area contributed by atoms with Gasteiger partial charge in [0, 0.05) is 22.1 Å². The highest BCUT2D eigenvalue weighted by molar-refractivity contribution is 8.77. The van der Waals surface area contributed by atoms with Gasteiger partial charge in [-0.2, -0.15) is 0 Å². The molecule has 1 amide bonds. The van der Waals surface area contributed by atoms with Gasteiger partial charge in [-0.1, -0.05) is 42.4 Å². The molecule has 0 bridgehead atoms. The van der Waals surface area contributed by atoms with Crippen molar-refractivity contribution in [3.63, 3.8) is 0 Å². The number of hydrogen-bond donors (Lipinski definition) is 1. The Kier molecular flexibility index (Phi) is 8.81. The molecule has 0 spiro atoms. The van der Waals surface area contributed by atoms with Gasteiger partial charge in [-0.05, 0) is 26.0 Å². The van der Waals surface area contributed by atoms with E-state index >= 15 is 0 Å². The lowest BCUT2D eigenvalue weighted by Crippen LogP contribution is -2.50. The molecular weight excluding hydrogens is 402 g/mol. The Bertz CT molecular complexity index is 665. The van der Waals surface area contributed by atoms with Crippen LogP contribution in [0.25, 0.3) is 0 Å². The predicted octanol–water partition coefficient (Wildman–Crippen LogP) is 2.96. The van der Waals surface area contributed by atoms with Crippen LogP contribution in [0.15, 0.2) is 18.2 Å². The SMILES string of the molecule is COc1cc(OC)cc(C(C)(C)OC(=O)N[C@@H](CSSC(C)(C)C)C(=O)[O-])c1. The maximum absolute atomic E-state index is 12.3. The van der Waals surface area contributed by atoms with E-state index in [2.05, 4.69) is 5.32 Å². The number of benzene rings is 1. The van der Waals surface area contributed by atoms with E-state index in [9.17, 15) is 14.7 Å². The summed E-state index contributed by atoms with van der Waals surface area (Å²) in [5.41, 5.74) is -0.406. The number of nitrogens with one attached hydrogen (secondary N) is 1. The Morgan fingerprint density at radius 2 is 1.61 bits per heavy atom. The van der Waals surface area contributed by atoms with Crippen molar-refractivity contribution in [2.24, 2.45) is 0 Å². The van der Waals surface area contributed by atoms with E-state index in [1.807, 2.05) is 20.8 Å². The summed E-state index contributed by atoms with van der Waals surface area (Å²) in [6, 6.07) is 3.99. The third kappa shape index (κ3) is 8.10. The monoisotopic (exact) mass is 430 g/mol. The van der Waals surface area contributed by atoms with Gasteiger partial charge in [0.1, 0.15) is 17.1 Å². The summed E-state index contributed by atoms with van der Waals surface area (Å²) in [7, 11) is 5.93. The highest BCUT2D eigenvalue weighted by Crippen LogP contribution is 2.35.